The van der Waals surface area contributed by atoms with Crippen LogP contribution in [0.2, 0.25) is 0 Å². The lowest BCUT2D eigenvalue weighted by atomic mass is 10.1. The van der Waals surface area contributed by atoms with Crippen LogP contribution in [0, 0.1) is 6.92 Å². The van der Waals surface area contributed by atoms with Crippen LogP contribution in [0.5, 0.6) is 0 Å². The molecule has 0 bridgehead atoms. The lowest BCUT2D eigenvalue weighted by molar-refractivity contribution is -0.123. The van der Waals surface area contributed by atoms with Gasteiger partial charge < -0.3 is 10.6 Å². The van der Waals surface area contributed by atoms with E-state index in [9.17, 15) is 22.8 Å². The summed E-state index contributed by atoms with van der Waals surface area (Å²) >= 11 is 0. The van der Waals surface area contributed by atoms with Gasteiger partial charge in [0.05, 0.1) is 0 Å². The molecule has 0 saturated carbocycles. The van der Waals surface area contributed by atoms with Gasteiger partial charge in [-0.25, -0.2) is 0 Å². The Labute approximate surface area is 108 Å². The maximum Gasteiger partial charge on any atom is 0.405 e. The number of hydrogen-bond acceptors (Lipinski definition) is 2. The molecule has 4 nitrogen and oxygen atoms in total. The Hall–Kier alpha value is -2.05. The molecule has 0 fully saturated rings. The van der Waals surface area contributed by atoms with E-state index in [0.29, 0.717) is 11.3 Å². The summed E-state index contributed by atoms with van der Waals surface area (Å²) < 4.78 is 35.9. The van der Waals surface area contributed by atoms with E-state index in [-0.39, 0.29) is 11.5 Å². The van der Waals surface area contributed by atoms with E-state index in [1.165, 1.54) is 25.1 Å². The maximum absolute atomic E-state index is 12.0. The fraction of sp³-hybridized carbons (Fsp3) is 0.333. The van der Waals surface area contributed by atoms with Gasteiger partial charge in [0.25, 0.3) is 5.91 Å². The SMILES string of the molecule is CC(=O)Nc1ccc(C(=O)NCC(F)(F)F)c(C)c1. The Kier molecular flexibility index (Phi) is 4.52. The van der Waals surface area contributed by atoms with E-state index < -0.39 is 18.6 Å². The summed E-state index contributed by atoms with van der Waals surface area (Å²) in [5, 5.41) is 4.31. The molecule has 0 aliphatic heterocycles. The van der Waals surface area contributed by atoms with Gasteiger partial charge in [-0.1, -0.05) is 0 Å². The molecule has 0 aromatic heterocycles. The van der Waals surface area contributed by atoms with Crippen molar-refractivity contribution < 1.29 is 22.8 Å². The van der Waals surface area contributed by atoms with Crippen LogP contribution in [0.1, 0.15) is 22.8 Å². The number of carbonyl (C=O) groups is 2. The fourth-order valence-corrected chi connectivity index (χ4v) is 1.48. The third-order valence-electron chi connectivity index (χ3n) is 2.24. The quantitative estimate of drug-likeness (QED) is 0.888. The van der Waals surface area contributed by atoms with Gasteiger partial charge in [0, 0.05) is 18.2 Å². The van der Waals surface area contributed by atoms with Crippen molar-refractivity contribution in [3.8, 4) is 0 Å². The topological polar surface area (TPSA) is 58.2 Å². The number of aryl methyl sites for hydroxylation is 1. The van der Waals surface area contributed by atoms with Gasteiger partial charge in [0.15, 0.2) is 0 Å². The van der Waals surface area contributed by atoms with E-state index in [2.05, 4.69) is 5.32 Å². The first kappa shape index (κ1) is 15.0. The van der Waals surface area contributed by atoms with Crippen molar-refractivity contribution in [2.75, 3.05) is 11.9 Å². The minimum atomic E-state index is -4.44. The lowest BCUT2D eigenvalue weighted by Crippen LogP contribution is -2.34. The molecule has 0 aliphatic rings. The molecule has 1 aromatic carbocycles. The molecule has 0 aliphatic carbocycles. The van der Waals surface area contributed by atoms with E-state index in [4.69, 9.17) is 0 Å². The monoisotopic (exact) mass is 274 g/mol. The number of benzene rings is 1. The number of halogens is 3. The molecule has 0 atom stereocenters. The van der Waals surface area contributed by atoms with Gasteiger partial charge in [-0.2, -0.15) is 13.2 Å². The van der Waals surface area contributed by atoms with Crippen LogP contribution >= 0.6 is 0 Å². The van der Waals surface area contributed by atoms with Gasteiger partial charge in [-0.15, -0.1) is 0 Å². The Morgan fingerprint density at radius 1 is 1.26 bits per heavy atom. The van der Waals surface area contributed by atoms with Crippen molar-refractivity contribution in [1.29, 1.82) is 0 Å². The van der Waals surface area contributed by atoms with Crippen molar-refractivity contribution in [2.45, 2.75) is 20.0 Å². The minimum absolute atomic E-state index is 0.137. The van der Waals surface area contributed by atoms with E-state index in [1.807, 2.05) is 0 Å². The molecule has 2 amide bonds. The van der Waals surface area contributed by atoms with Gasteiger partial charge in [0.1, 0.15) is 6.54 Å². The number of nitrogens with one attached hydrogen (secondary N) is 2. The smallest absolute Gasteiger partial charge is 0.343 e. The van der Waals surface area contributed by atoms with Gasteiger partial charge in [-0.3, -0.25) is 9.59 Å². The van der Waals surface area contributed by atoms with Gasteiger partial charge in [0.2, 0.25) is 5.91 Å². The summed E-state index contributed by atoms with van der Waals surface area (Å²) in [4.78, 5) is 22.4. The Bertz CT molecular complexity index is 498. The Balaban J connectivity index is 2.79. The molecule has 7 heteroatoms. The highest BCUT2D eigenvalue weighted by Gasteiger charge is 2.28. The molecule has 0 saturated heterocycles. The minimum Gasteiger partial charge on any atom is -0.343 e. The van der Waals surface area contributed by atoms with Crippen LogP contribution < -0.4 is 10.6 Å². The summed E-state index contributed by atoms with van der Waals surface area (Å²) in [6.45, 7) is 1.53. The van der Waals surface area contributed by atoms with Gasteiger partial charge >= 0.3 is 6.18 Å². The highest BCUT2D eigenvalue weighted by Crippen LogP contribution is 2.16. The number of rotatable bonds is 3. The molecule has 1 rings (SSSR count). The third kappa shape index (κ3) is 4.99. The molecule has 0 spiro atoms. The second-order valence-corrected chi connectivity index (χ2v) is 4.01. The predicted octanol–water partition coefficient (Wildman–Crippen LogP) is 2.25. The molecule has 1 aromatic rings. The van der Waals surface area contributed by atoms with Crippen LogP contribution in [0.3, 0.4) is 0 Å². The average molecular weight is 274 g/mol. The predicted molar refractivity (Wildman–Crippen MR) is 63.9 cm³/mol. The van der Waals surface area contributed by atoms with Gasteiger partial charge in [-0.05, 0) is 30.7 Å². The van der Waals surface area contributed by atoms with Crippen LogP contribution in [0.4, 0.5) is 18.9 Å². The average Bonchev–Trinajstić information content (AvgIpc) is 2.24. The van der Waals surface area contributed by atoms with Crippen molar-refractivity contribution in [3.63, 3.8) is 0 Å². The Morgan fingerprint density at radius 2 is 1.89 bits per heavy atom. The zero-order valence-corrected chi connectivity index (χ0v) is 10.4. The molecular weight excluding hydrogens is 261 g/mol. The normalized spacial score (nSPS) is 11.0. The number of carbonyl (C=O) groups excluding carboxylic acids is 2. The number of alkyl halides is 3. The van der Waals surface area contributed by atoms with Crippen LogP contribution in [-0.2, 0) is 4.79 Å². The zero-order valence-electron chi connectivity index (χ0n) is 10.4. The number of hydrogen-bond donors (Lipinski definition) is 2. The first-order valence-corrected chi connectivity index (χ1v) is 5.42. The maximum atomic E-state index is 12.0. The second kappa shape index (κ2) is 5.73. The summed E-state index contributed by atoms with van der Waals surface area (Å²) in [7, 11) is 0. The fourth-order valence-electron chi connectivity index (χ4n) is 1.48. The third-order valence-corrected chi connectivity index (χ3v) is 2.24. The molecule has 0 radical (unpaired) electrons. The molecule has 0 heterocycles. The van der Waals surface area contributed by atoms with E-state index in [0.717, 1.165) is 0 Å². The molecular formula is C12H13F3N2O2. The summed E-state index contributed by atoms with van der Waals surface area (Å²) in [6.07, 6.45) is -4.44. The summed E-state index contributed by atoms with van der Waals surface area (Å²) in [6, 6.07) is 4.34. The van der Waals surface area contributed by atoms with Crippen molar-refractivity contribution in [1.82, 2.24) is 5.32 Å². The summed E-state index contributed by atoms with van der Waals surface area (Å²) in [5.41, 5.74) is 1.10. The van der Waals surface area contributed by atoms with Crippen molar-refractivity contribution in [2.24, 2.45) is 0 Å². The highest BCUT2D eigenvalue weighted by atomic mass is 19.4. The number of amides is 2. The standard InChI is InChI=1S/C12H13F3N2O2/c1-7-5-9(17-8(2)18)3-4-10(7)11(19)16-6-12(13,14)15/h3-5H,6H2,1-2H3,(H,16,19)(H,17,18). The second-order valence-electron chi connectivity index (χ2n) is 4.01. The van der Waals surface area contributed by atoms with E-state index in [1.54, 1.807) is 12.2 Å². The van der Waals surface area contributed by atoms with Crippen LogP contribution in [0.15, 0.2) is 18.2 Å². The van der Waals surface area contributed by atoms with Crippen molar-refractivity contribution >= 4 is 17.5 Å². The molecule has 0 unspecified atom stereocenters. The van der Waals surface area contributed by atoms with Crippen LogP contribution in [-0.4, -0.2) is 24.5 Å². The molecule has 104 valence electrons. The van der Waals surface area contributed by atoms with Crippen molar-refractivity contribution in [3.05, 3.63) is 29.3 Å². The zero-order chi connectivity index (χ0) is 14.6. The first-order valence-electron chi connectivity index (χ1n) is 5.42. The number of anilines is 1. The first-order chi connectivity index (χ1) is 8.69. The Morgan fingerprint density at radius 3 is 2.37 bits per heavy atom. The highest BCUT2D eigenvalue weighted by molar-refractivity contribution is 5.97. The van der Waals surface area contributed by atoms with E-state index >= 15 is 0 Å². The summed E-state index contributed by atoms with van der Waals surface area (Å²) in [5.74, 6) is -1.07. The molecule has 2 N–H and O–H groups in total. The largest absolute Gasteiger partial charge is 0.405 e. The van der Waals surface area contributed by atoms with Crippen LogP contribution in [0.25, 0.3) is 0 Å². The molecule has 19 heavy (non-hydrogen) atoms. The lowest BCUT2D eigenvalue weighted by Gasteiger charge is -2.11.